The molecule has 10 heteroatoms. The molecule has 0 radical (unpaired) electrons. The second kappa shape index (κ2) is 8.11. The summed E-state index contributed by atoms with van der Waals surface area (Å²) in [5.74, 6) is -2.19. The molecule has 2 aromatic carbocycles. The monoisotopic (exact) mass is 456 g/mol. The topological polar surface area (TPSA) is 80.7 Å². The van der Waals surface area contributed by atoms with Gasteiger partial charge < -0.3 is 9.84 Å². The molecular weight excluding hydrogens is 441 g/mol. The zero-order valence-corrected chi connectivity index (χ0v) is 17.1. The fourth-order valence-electron chi connectivity index (χ4n) is 2.90. The first-order chi connectivity index (χ1) is 14.0. The van der Waals surface area contributed by atoms with Crippen molar-refractivity contribution in [2.24, 2.45) is 0 Å². The number of carbonyl (C=O) groups is 1. The van der Waals surface area contributed by atoms with Crippen molar-refractivity contribution in [1.29, 1.82) is 0 Å². The minimum Gasteiger partial charge on any atom is -0.495 e. The van der Waals surface area contributed by atoms with Crippen LogP contribution in [0.1, 0.15) is 21.5 Å². The largest absolute Gasteiger partial charge is 0.495 e. The first-order valence-corrected chi connectivity index (χ1v) is 10.9. The van der Waals surface area contributed by atoms with Crippen LogP contribution in [0.2, 0.25) is 0 Å². The van der Waals surface area contributed by atoms with Crippen molar-refractivity contribution in [2.45, 2.75) is 16.8 Å². The summed E-state index contributed by atoms with van der Waals surface area (Å²) in [6.07, 6.45) is -4.65. The molecule has 0 aliphatic heterocycles. The number of sulfone groups is 1. The number of thiophene rings is 1. The number of rotatable bonds is 6. The van der Waals surface area contributed by atoms with Crippen molar-refractivity contribution in [3.8, 4) is 16.2 Å². The quantitative estimate of drug-likeness (QED) is 0.557. The summed E-state index contributed by atoms with van der Waals surface area (Å²) in [5.41, 5.74) is -0.943. The Bertz CT molecular complexity index is 1180. The molecule has 30 heavy (non-hydrogen) atoms. The number of hydrogen-bond acceptors (Lipinski definition) is 5. The van der Waals surface area contributed by atoms with Gasteiger partial charge in [0.2, 0.25) is 0 Å². The van der Waals surface area contributed by atoms with E-state index in [1.165, 1.54) is 36.6 Å². The molecule has 0 spiro atoms. The van der Waals surface area contributed by atoms with E-state index in [-0.39, 0.29) is 16.9 Å². The normalized spacial score (nSPS) is 12.0. The lowest BCUT2D eigenvalue weighted by atomic mass is 10.0. The Morgan fingerprint density at radius 2 is 1.87 bits per heavy atom. The molecule has 3 aromatic rings. The molecule has 158 valence electrons. The fourth-order valence-corrected chi connectivity index (χ4v) is 5.25. The molecule has 1 aromatic heterocycles. The average molecular weight is 456 g/mol. The van der Waals surface area contributed by atoms with Gasteiger partial charge in [-0.3, -0.25) is 0 Å². The molecule has 5 nitrogen and oxygen atoms in total. The lowest BCUT2D eigenvalue weighted by molar-refractivity contribution is -0.137. The first-order valence-electron chi connectivity index (χ1n) is 8.41. The van der Waals surface area contributed by atoms with E-state index in [1.807, 2.05) is 0 Å². The summed E-state index contributed by atoms with van der Waals surface area (Å²) < 4.78 is 70.9. The van der Waals surface area contributed by atoms with E-state index in [0.717, 1.165) is 18.2 Å². The average Bonchev–Trinajstić information content (AvgIpc) is 3.20. The van der Waals surface area contributed by atoms with Crippen molar-refractivity contribution < 1.29 is 36.2 Å². The van der Waals surface area contributed by atoms with Crippen molar-refractivity contribution in [3.63, 3.8) is 0 Å². The van der Waals surface area contributed by atoms with Gasteiger partial charge in [0.05, 0.1) is 24.0 Å². The molecule has 0 amide bonds. The van der Waals surface area contributed by atoms with Gasteiger partial charge in [0.25, 0.3) is 0 Å². The number of methoxy groups -OCH3 is 1. The van der Waals surface area contributed by atoms with Gasteiger partial charge in [0.1, 0.15) is 10.6 Å². The fraction of sp³-hybridized carbons (Fsp3) is 0.150. The summed E-state index contributed by atoms with van der Waals surface area (Å²) in [7, 11) is -3.02. The van der Waals surface area contributed by atoms with Gasteiger partial charge in [-0.25, -0.2) is 13.2 Å². The number of carboxylic acids is 1. The molecule has 0 aliphatic rings. The van der Waals surface area contributed by atoms with Crippen molar-refractivity contribution in [2.75, 3.05) is 7.11 Å². The number of carboxylic acid groups (broad SMARTS) is 1. The van der Waals surface area contributed by atoms with Crippen LogP contribution in [0.25, 0.3) is 10.4 Å². The second-order valence-electron chi connectivity index (χ2n) is 6.28. The zero-order valence-electron chi connectivity index (χ0n) is 15.4. The summed E-state index contributed by atoms with van der Waals surface area (Å²) in [4.78, 5) is 11.5. The Kier molecular flexibility index (Phi) is 5.91. The summed E-state index contributed by atoms with van der Waals surface area (Å²) >= 11 is 1.26. The number of halogens is 3. The second-order valence-corrected chi connectivity index (χ2v) is 9.18. The van der Waals surface area contributed by atoms with Crippen LogP contribution in [0, 0.1) is 0 Å². The number of hydrogen-bond donors (Lipinski definition) is 1. The van der Waals surface area contributed by atoms with Crippen LogP contribution >= 0.6 is 11.3 Å². The van der Waals surface area contributed by atoms with E-state index in [9.17, 15) is 26.4 Å². The molecular formula is C20H15F3O5S2. The number of alkyl halides is 3. The molecule has 0 fully saturated rings. The van der Waals surface area contributed by atoms with Crippen molar-refractivity contribution in [1.82, 2.24) is 0 Å². The van der Waals surface area contributed by atoms with Crippen LogP contribution in [0.5, 0.6) is 5.75 Å². The lowest BCUT2D eigenvalue weighted by Crippen LogP contribution is -2.11. The number of ether oxygens (including phenoxy) is 1. The van der Waals surface area contributed by atoms with E-state index >= 15 is 0 Å². The maximum absolute atomic E-state index is 13.2. The third kappa shape index (κ3) is 4.49. The highest BCUT2D eigenvalue weighted by atomic mass is 32.2. The number of aromatic carboxylic acids is 1. The van der Waals surface area contributed by atoms with E-state index in [2.05, 4.69) is 0 Å². The Hall–Kier alpha value is -2.85. The van der Waals surface area contributed by atoms with Gasteiger partial charge in [-0.1, -0.05) is 12.1 Å². The third-order valence-electron chi connectivity index (χ3n) is 4.31. The van der Waals surface area contributed by atoms with Crippen molar-refractivity contribution in [3.05, 3.63) is 70.6 Å². The molecule has 1 heterocycles. The molecule has 0 atom stereocenters. The van der Waals surface area contributed by atoms with E-state index < -0.39 is 38.2 Å². The highest BCUT2D eigenvalue weighted by Crippen LogP contribution is 2.37. The molecule has 0 aliphatic carbocycles. The molecule has 0 saturated heterocycles. The van der Waals surface area contributed by atoms with Crippen molar-refractivity contribution >= 4 is 27.1 Å². The third-order valence-corrected chi connectivity index (χ3v) is 6.89. The maximum atomic E-state index is 13.2. The van der Waals surface area contributed by atoms with Gasteiger partial charge in [0, 0.05) is 4.88 Å². The SMILES string of the molecule is COc1ccc(C(=O)O)cc1S(=O)(=O)Cc1cc(C(F)(F)F)ccc1-c1cccs1. The molecule has 3 rings (SSSR count). The zero-order chi connectivity index (χ0) is 22.1. The van der Waals surface area contributed by atoms with Crippen LogP contribution in [-0.2, 0) is 21.8 Å². The van der Waals surface area contributed by atoms with E-state index in [4.69, 9.17) is 9.84 Å². The highest BCUT2D eigenvalue weighted by molar-refractivity contribution is 7.90. The van der Waals surface area contributed by atoms with Crippen LogP contribution in [0.3, 0.4) is 0 Å². The number of benzene rings is 2. The van der Waals surface area contributed by atoms with E-state index in [0.29, 0.717) is 10.4 Å². The Labute approximate surface area is 174 Å². The Morgan fingerprint density at radius 3 is 2.43 bits per heavy atom. The standard InChI is InChI=1S/C20H15F3O5S2/c1-28-16-7-4-12(19(24)25)10-18(16)30(26,27)11-13-9-14(20(21,22)23)5-6-15(13)17-3-2-8-29-17/h2-10H,11H2,1H3,(H,24,25). The first kappa shape index (κ1) is 21.8. The van der Waals surface area contributed by atoms with Crippen LogP contribution < -0.4 is 4.74 Å². The predicted octanol–water partition coefficient (Wildman–Crippen LogP) is 5.11. The smallest absolute Gasteiger partial charge is 0.416 e. The highest BCUT2D eigenvalue weighted by Gasteiger charge is 2.32. The molecule has 0 saturated carbocycles. The van der Waals surface area contributed by atoms with Crippen LogP contribution in [0.4, 0.5) is 13.2 Å². The summed E-state index contributed by atoms with van der Waals surface area (Å²) in [5, 5.41) is 10.9. The van der Waals surface area contributed by atoms with Gasteiger partial charge in [-0.2, -0.15) is 13.2 Å². The van der Waals surface area contributed by atoms with Gasteiger partial charge in [-0.15, -0.1) is 11.3 Å². The van der Waals surface area contributed by atoms with Gasteiger partial charge in [-0.05, 0) is 52.9 Å². The van der Waals surface area contributed by atoms with Gasteiger partial charge >= 0.3 is 12.1 Å². The molecule has 0 bridgehead atoms. The minimum absolute atomic E-state index is 0.0462. The Balaban J connectivity index is 2.15. The Morgan fingerprint density at radius 1 is 1.13 bits per heavy atom. The maximum Gasteiger partial charge on any atom is 0.416 e. The predicted molar refractivity (Wildman–Crippen MR) is 106 cm³/mol. The minimum atomic E-state index is -4.65. The van der Waals surface area contributed by atoms with Crippen LogP contribution in [0.15, 0.2) is 58.8 Å². The summed E-state index contributed by atoms with van der Waals surface area (Å²) in [6.45, 7) is 0. The van der Waals surface area contributed by atoms with E-state index in [1.54, 1.807) is 17.5 Å². The molecule has 0 unspecified atom stereocenters. The lowest BCUT2D eigenvalue weighted by Gasteiger charge is -2.15. The summed E-state index contributed by atoms with van der Waals surface area (Å²) in [6, 6.07) is 9.64. The van der Waals surface area contributed by atoms with Crippen LogP contribution in [-0.4, -0.2) is 26.6 Å². The van der Waals surface area contributed by atoms with Gasteiger partial charge in [0.15, 0.2) is 9.84 Å². The molecule has 1 N–H and O–H groups in total.